The molecule has 0 unspecified atom stereocenters. The Morgan fingerprint density at radius 2 is 1.63 bits per heavy atom. The van der Waals surface area contributed by atoms with E-state index in [1.807, 2.05) is 31.2 Å². The van der Waals surface area contributed by atoms with E-state index in [4.69, 9.17) is 9.47 Å². The van der Waals surface area contributed by atoms with Gasteiger partial charge in [-0.15, -0.1) is 5.10 Å². The molecule has 0 spiro atoms. The van der Waals surface area contributed by atoms with Gasteiger partial charge in [-0.1, -0.05) is 5.21 Å². The third-order valence-corrected chi connectivity index (χ3v) is 5.72. The number of carbonyl (C=O) groups excluding carboxylic acids is 1. The van der Waals surface area contributed by atoms with E-state index >= 15 is 0 Å². The fourth-order valence-electron chi connectivity index (χ4n) is 3.93. The normalized spacial score (nSPS) is 13.8. The van der Waals surface area contributed by atoms with Crippen molar-refractivity contribution in [3.05, 3.63) is 60.7 Å². The number of anilines is 1. The second-order valence-electron chi connectivity index (χ2n) is 7.91. The van der Waals surface area contributed by atoms with Crippen LogP contribution in [0.3, 0.4) is 0 Å². The third kappa shape index (κ3) is 4.84. The first-order valence-corrected chi connectivity index (χ1v) is 11.3. The number of hydrogen-bond acceptors (Lipinski definition) is 8. The Labute approximate surface area is 200 Å². The van der Waals surface area contributed by atoms with Crippen molar-refractivity contribution < 1.29 is 18.7 Å². The SMILES string of the molecule is CCOc1ccc(-n2nnc3c(N4CCN(C(=O)COc5ccc(F)cc5)CC4)ncnc32)cc1. The van der Waals surface area contributed by atoms with E-state index < -0.39 is 0 Å². The molecular formula is C24H24FN7O3. The molecule has 1 saturated heterocycles. The number of piperazine rings is 1. The van der Waals surface area contributed by atoms with Crippen LogP contribution in [0, 0.1) is 5.82 Å². The summed E-state index contributed by atoms with van der Waals surface area (Å²) in [6.45, 7) is 4.65. The fourth-order valence-corrected chi connectivity index (χ4v) is 3.93. The van der Waals surface area contributed by atoms with Gasteiger partial charge in [-0.3, -0.25) is 4.79 Å². The Morgan fingerprint density at radius 1 is 0.943 bits per heavy atom. The van der Waals surface area contributed by atoms with Gasteiger partial charge in [0.2, 0.25) is 0 Å². The summed E-state index contributed by atoms with van der Waals surface area (Å²) in [6, 6.07) is 13.2. The summed E-state index contributed by atoms with van der Waals surface area (Å²) >= 11 is 0. The van der Waals surface area contributed by atoms with Gasteiger partial charge in [0.15, 0.2) is 23.6 Å². The fraction of sp³-hybridized carbons (Fsp3) is 0.292. The van der Waals surface area contributed by atoms with Crippen LogP contribution in [0.25, 0.3) is 16.9 Å². The van der Waals surface area contributed by atoms with Crippen molar-refractivity contribution in [1.29, 1.82) is 0 Å². The Hall–Kier alpha value is -4.28. The van der Waals surface area contributed by atoms with Crippen LogP contribution in [0.4, 0.5) is 10.2 Å². The first-order valence-electron chi connectivity index (χ1n) is 11.3. The highest BCUT2D eigenvalue weighted by molar-refractivity contribution is 5.84. The molecule has 0 N–H and O–H groups in total. The molecule has 180 valence electrons. The van der Waals surface area contributed by atoms with Crippen molar-refractivity contribution in [3.63, 3.8) is 0 Å². The molecule has 0 bridgehead atoms. The van der Waals surface area contributed by atoms with Gasteiger partial charge >= 0.3 is 0 Å². The Morgan fingerprint density at radius 3 is 2.34 bits per heavy atom. The smallest absolute Gasteiger partial charge is 0.260 e. The molecule has 5 rings (SSSR count). The standard InChI is InChI=1S/C24H24FN7O3/c1-2-34-19-9-5-18(6-10-19)32-24-22(28-29-32)23(26-16-27-24)31-13-11-30(12-14-31)21(33)15-35-20-7-3-17(25)4-8-20/h3-10,16H,2,11-15H2,1H3. The van der Waals surface area contributed by atoms with Gasteiger partial charge in [0.05, 0.1) is 12.3 Å². The molecule has 4 aromatic rings. The van der Waals surface area contributed by atoms with Gasteiger partial charge in [0, 0.05) is 26.2 Å². The maximum absolute atomic E-state index is 13.0. The zero-order chi connectivity index (χ0) is 24.2. The van der Waals surface area contributed by atoms with E-state index in [0.717, 1.165) is 11.4 Å². The van der Waals surface area contributed by atoms with Crippen LogP contribution < -0.4 is 14.4 Å². The number of ether oxygens (including phenoxy) is 2. The van der Waals surface area contributed by atoms with Gasteiger partial charge in [0.25, 0.3) is 5.91 Å². The monoisotopic (exact) mass is 477 g/mol. The van der Waals surface area contributed by atoms with Gasteiger partial charge in [0.1, 0.15) is 23.6 Å². The van der Waals surface area contributed by atoms with E-state index in [2.05, 4.69) is 25.2 Å². The quantitative estimate of drug-likeness (QED) is 0.400. The molecule has 3 heterocycles. The highest BCUT2D eigenvalue weighted by Crippen LogP contribution is 2.24. The summed E-state index contributed by atoms with van der Waals surface area (Å²) in [5.41, 5.74) is 2.02. The predicted octanol–water partition coefficient (Wildman–Crippen LogP) is 2.48. The Balaban J connectivity index is 1.24. The number of benzene rings is 2. The minimum absolute atomic E-state index is 0.0974. The van der Waals surface area contributed by atoms with Crippen LogP contribution in [-0.2, 0) is 4.79 Å². The molecule has 1 fully saturated rings. The topological polar surface area (TPSA) is 98.5 Å². The summed E-state index contributed by atoms with van der Waals surface area (Å²) in [5, 5.41) is 8.63. The zero-order valence-electron chi connectivity index (χ0n) is 19.2. The molecule has 1 amide bonds. The molecule has 0 atom stereocenters. The van der Waals surface area contributed by atoms with Gasteiger partial charge in [-0.2, -0.15) is 4.68 Å². The van der Waals surface area contributed by atoms with Crippen LogP contribution >= 0.6 is 0 Å². The second kappa shape index (κ2) is 9.92. The lowest BCUT2D eigenvalue weighted by Crippen LogP contribution is -2.50. The number of nitrogens with zero attached hydrogens (tertiary/aromatic N) is 7. The molecule has 10 nitrogen and oxygen atoms in total. The van der Waals surface area contributed by atoms with E-state index in [-0.39, 0.29) is 18.3 Å². The first-order chi connectivity index (χ1) is 17.1. The second-order valence-corrected chi connectivity index (χ2v) is 7.91. The predicted molar refractivity (Wildman–Crippen MR) is 126 cm³/mol. The molecule has 2 aromatic heterocycles. The Kier molecular flexibility index (Phi) is 6.38. The number of aromatic nitrogens is 5. The zero-order valence-corrected chi connectivity index (χ0v) is 19.2. The summed E-state index contributed by atoms with van der Waals surface area (Å²) in [7, 11) is 0. The number of halogens is 1. The highest BCUT2D eigenvalue weighted by atomic mass is 19.1. The van der Waals surface area contributed by atoms with Crippen molar-refractivity contribution in [2.75, 3.05) is 44.3 Å². The molecule has 35 heavy (non-hydrogen) atoms. The largest absolute Gasteiger partial charge is 0.494 e. The Bertz CT molecular complexity index is 1300. The summed E-state index contributed by atoms with van der Waals surface area (Å²) in [4.78, 5) is 25.2. The minimum atomic E-state index is -0.349. The molecule has 1 aliphatic heterocycles. The summed E-state index contributed by atoms with van der Waals surface area (Å²) < 4.78 is 25.7. The lowest BCUT2D eigenvalue weighted by molar-refractivity contribution is -0.133. The number of hydrogen-bond donors (Lipinski definition) is 0. The molecule has 0 saturated carbocycles. The van der Waals surface area contributed by atoms with Crippen LogP contribution in [-0.4, -0.2) is 75.2 Å². The maximum atomic E-state index is 13.0. The van der Waals surface area contributed by atoms with Crippen LogP contribution in [0.5, 0.6) is 11.5 Å². The number of amides is 1. The molecular weight excluding hydrogens is 453 g/mol. The van der Waals surface area contributed by atoms with E-state index in [0.29, 0.717) is 55.5 Å². The van der Waals surface area contributed by atoms with E-state index in [1.54, 1.807) is 9.58 Å². The van der Waals surface area contributed by atoms with Crippen molar-refractivity contribution in [2.45, 2.75) is 6.92 Å². The van der Waals surface area contributed by atoms with Crippen molar-refractivity contribution in [1.82, 2.24) is 29.9 Å². The average Bonchev–Trinajstić information content (AvgIpc) is 3.33. The maximum Gasteiger partial charge on any atom is 0.260 e. The molecule has 1 aliphatic rings. The third-order valence-electron chi connectivity index (χ3n) is 5.72. The lowest BCUT2D eigenvalue weighted by Gasteiger charge is -2.35. The lowest BCUT2D eigenvalue weighted by atomic mass is 10.3. The van der Waals surface area contributed by atoms with Crippen molar-refractivity contribution in [2.24, 2.45) is 0 Å². The number of rotatable bonds is 7. The van der Waals surface area contributed by atoms with Gasteiger partial charge < -0.3 is 19.3 Å². The van der Waals surface area contributed by atoms with Crippen molar-refractivity contribution in [3.8, 4) is 17.2 Å². The van der Waals surface area contributed by atoms with Gasteiger partial charge in [-0.05, 0) is 55.5 Å². The van der Waals surface area contributed by atoms with E-state index in [1.165, 1.54) is 30.6 Å². The summed E-state index contributed by atoms with van der Waals surface area (Å²) in [5.74, 6) is 1.45. The molecule has 2 aromatic carbocycles. The van der Waals surface area contributed by atoms with Crippen LogP contribution in [0.1, 0.15) is 6.92 Å². The van der Waals surface area contributed by atoms with Crippen LogP contribution in [0.15, 0.2) is 54.9 Å². The highest BCUT2D eigenvalue weighted by Gasteiger charge is 2.25. The van der Waals surface area contributed by atoms with Crippen molar-refractivity contribution >= 4 is 22.9 Å². The molecule has 0 aliphatic carbocycles. The van der Waals surface area contributed by atoms with E-state index in [9.17, 15) is 9.18 Å². The van der Waals surface area contributed by atoms with Gasteiger partial charge in [-0.25, -0.2) is 14.4 Å². The minimum Gasteiger partial charge on any atom is -0.494 e. The molecule has 11 heteroatoms. The number of carbonyl (C=O) groups is 1. The number of fused-ring (bicyclic) bond motifs is 1. The first kappa shape index (κ1) is 22.5. The summed E-state index contributed by atoms with van der Waals surface area (Å²) in [6.07, 6.45) is 1.50. The average molecular weight is 478 g/mol. The van der Waals surface area contributed by atoms with Crippen LogP contribution in [0.2, 0.25) is 0 Å². The molecule has 0 radical (unpaired) electrons.